The molecule has 2 heteroatoms. The topological polar surface area (TPSA) is 47.6 Å². The quantitative estimate of drug-likeness (QED) is 0.554. The average Bonchev–Trinajstić information content (AvgIpc) is 2.71. The number of nitrogens with zero attached hydrogens (tertiary/aromatic N) is 2. The van der Waals surface area contributed by atoms with Crippen LogP contribution >= 0.6 is 0 Å². The number of hydrogen-bond donors (Lipinski definition) is 0. The maximum Gasteiger partial charge on any atom is 0.129 e. The van der Waals surface area contributed by atoms with Crippen LogP contribution in [0.4, 0.5) is 0 Å². The maximum atomic E-state index is 8.51. The van der Waals surface area contributed by atoms with E-state index in [1.165, 1.54) is 11.6 Å². The van der Waals surface area contributed by atoms with E-state index in [9.17, 15) is 0 Å². The number of rotatable bonds is 4. The van der Waals surface area contributed by atoms with Crippen molar-refractivity contribution in [2.75, 3.05) is 0 Å². The zero-order valence-electron chi connectivity index (χ0n) is 10.5. The Morgan fingerprint density at radius 2 is 1.68 bits per heavy atom. The molecule has 0 bridgehead atoms. The van der Waals surface area contributed by atoms with Crippen LogP contribution in [0.1, 0.15) is 6.42 Å². The molecule has 2 nitrogen and oxygen atoms in total. The van der Waals surface area contributed by atoms with Crippen LogP contribution in [-0.4, -0.2) is 0 Å². The summed E-state index contributed by atoms with van der Waals surface area (Å²) in [6.45, 7) is 0. The third-order valence-corrected chi connectivity index (χ3v) is 2.28. The van der Waals surface area contributed by atoms with E-state index in [4.69, 9.17) is 10.5 Å². The molecule has 0 aromatic rings. The molecule has 1 rings (SSSR count). The van der Waals surface area contributed by atoms with Crippen molar-refractivity contribution < 1.29 is 0 Å². The predicted octanol–water partition coefficient (Wildman–Crippen LogP) is 4.07. The first-order chi connectivity index (χ1) is 9.36. The lowest BCUT2D eigenvalue weighted by Crippen LogP contribution is -1.72. The van der Waals surface area contributed by atoms with E-state index in [-0.39, 0.29) is 5.57 Å². The van der Waals surface area contributed by atoms with Gasteiger partial charge in [-0.3, -0.25) is 0 Å². The smallest absolute Gasteiger partial charge is 0.129 e. The second kappa shape index (κ2) is 9.22. The summed E-state index contributed by atoms with van der Waals surface area (Å²) in [4.78, 5) is 0. The van der Waals surface area contributed by atoms with Crippen LogP contribution in [0.25, 0.3) is 0 Å². The second-order valence-electron chi connectivity index (χ2n) is 3.69. The van der Waals surface area contributed by atoms with E-state index in [1.807, 2.05) is 36.5 Å². The van der Waals surface area contributed by atoms with Gasteiger partial charge in [0, 0.05) is 0 Å². The van der Waals surface area contributed by atoms with Gasteiger partial charge in [0.15, 0.2) is 0 Å². The van der Waals surface area contributed by atoms with Crippen LogP contribution in [0, 0.1) is 22.7 Å². The van der Waals surface area contributed by atoms with Crippen LogP contribution in [0.15, 0.2) is 84.1 Å². The van der Waals surface area contributed by atoms with Crippen LogP contribution in [0.5, 0.6) is 0 Å². The van der Waals surface area contributed by atoms with Gasteiger partial charge in [-0.15, -0.1) is 0 Å². The summed E-state index contributed by atoms with van der Waals surface area (Å²) >= 11 is 0. The van der Waals surface area contributed by atoms with Gasteiger partial charge in [-0.05, 0) is 18.1 Å². The van der Waals surface area contributed by atoms with E-state index in [1.54, 1.807) is 24.3 Å². The first-order valence-corrected chi connectivity index (χ1v) is 5.91. The Bertz CT molecular complexity index is 564. The van der Waals surface area contributed by atoms with Crippen molar-refractivity contribution >= 4 is 0 Å². The lowest BCUT2D eigenvalue weighted by molar-refractivity contribution is 1.29. The minimum absolute atomic E-state index is 0.0994. The highest BCUT2D eigenvalue weighted by atomic mass is 14.3. The number of nitriles is 2. The van der Waals surface area contributed by atoms with Gasteiger partial charge < -0.3 is 0 Å². The minimum atomic E-state index is 0.0994. The molecule has 0 radical (unpaired) electrons. The molecular weight excluding hydrogens is 232 g/mol. The van der Waals surface area contributed by atoms with Gasteiger partial charge in [0.1, 0.15) is 17.7 Å². The molecule has 1 aliphatic rings. The largest absolute Gasteiger partial charge is 0.192 e. The minimum Gasteiger partial charge on any atom is -0.192 e. The van der Waals surface area contributed by atoms with E-state index in [2.05, 4.69) is 18.2 Å². The molecule has 0 amide bonds. The summed E-state index contributed by atoms with van der Waals surface area (Å²) in [6.07, 6.45) is 23.9. The Morgan fingerprint density at radius 1 is 0.947 bits per heavy atom. The summed E-state index contributed by atoms with van der Waals surface area (Å²) in [5, 5.41) is 17.0. The van der Waals surface area contributed by atoms with Crippen LogP contribution < -0.4 is 0 Å². The van der Waals surface area contributed by atoms with Gasteiger partial charge >= 0.3 is 0 Å². The van der Waals surface area contributed by atoms with Crippen LogP contribution in [0.3, 0.4) is 0 Å². The third kappa shape index (κ3) is 6.46. The molecule has 0 fully saturated rings. The molecular formula is C17H14N2. The molecule has 0 aromatic heterocycles. The monoisotopic (exact) mass is 246 g/mol. The van der Waals surface area contributed by atoms with Crippen LogP contribution in [0.2, 0.25) is 0 Å². The lowest BCUT2D eigenvalue weighted by atomic mass is 10.1. The van der Waals surface area contributed by atoms with E-state index in [0.717, 1.165) is 6.42 Å². The molecule has 92 valence electrons. The highest BCUT2D eigenvalue weighted by Crippen LogP contribution is 2.08. The fraction of sp³-hybridized carbons (Fsp3) is 0.0588. The molecule has 1 aliphatic carbocycles. The summed E-state index contributed by atoms with van der Waals surface area (Å²) < 4.78 is 0. The van der Waals surface area contributed by atoms with E-state index in [0.29, 0.717) is 0 Å². The number of hydrogen-bond acceptors (Lipinski definition) is 2. The Kier molecular flexibility index (Phi) is 6.90. The van der Waals surface area contributed by atoms with Gasteiger partial charge in [-0.1, -0.05) is 66.8 Å². The van der Waals surface area contributed by atoms with Crippen molar-refractivity contribution in [1.82, 2.24) is 0 Å². The summed E-state index contributed by atoms with van der Waals surface area (Å²) in [5.74, 6) is 0. The highest BCUT2D eigenvalue weighted by Gasteiger charge is 1.88. The van der Waals surface area contributed by atoms with Crippen LogP contribution in [-0.2, 0) is 0 Å². The predicted molar refractivity (Wildman–Crippen MR) is 77.7 cm³/mol. The molecule has 0 saturated carbocycles. The number of allylic oxidation sites excluding steroid dienone is 14. The Balaban J connectivity index is 2.45. The van der Waals surface area contributed by atoms with Gasteiger partial charge in [0.2, 0.25) is 0 Å². The van der Waals surface area contributed by atoms with Gasteiger partial charge in [-0.2, -0.15) is 10.5 Å². The first-order valence-electron chi connectivity index (χ1n) is 5.91. The van der Waals surface area contributed by atoms with E-state index >= 15 is 0 Å². The normalized spacial score (nSPS) is 14.3. The van der Waals surface area contributed by atoms with Gasteiger partial charge in [0.05, 0.1) is 0 Å². The summed E-state index contributed by atoms with van der Waals surface area (Å²) in [6, 6.07) is 3.59. The molecule has 0 saturated heterocycles. The third-order valence-electron chi connectivity index (χ3n) is 2.28. The average molecular weight is 246 g/mol. The van der Waals surface area contributed by atoms with Crippen molar-refractivity contribution in [3.63, 3.8) is 0 Å². The van der Waals surface area contributed by atoms with Gasteiger partial charge in [0.25, 0.3) is 0 Å². The van der Waals surface area contributed by atoms with Crippen molar-refractivity contribution in [3.8, 4) is 12.1 Å². The Labute approximate surface area is 114 Å². The zero-order valence-corrected chi connectivity index (χ0v) is 10.5. The second-order valence-corrected chi connectivity index (χ2v) is 3.69. The van der Waals surface area contributed by atoms with Gasteiger partial charge in [-0.25, -0.2) is 0 Å². The first kappa shape index (κ1) is 14.2. The van der Waals surface area contributed by atoms with Crippen molar-refractivity contribution in [2.24, 2.45) is 0 Å². The molecule has 0 N–H and O–H groups in total. The highest BCUT2D eigenvalue weighted by molar-refractivity contribution is 5.38. The fourth-order valence-corrected chi connectivity index (χ4v) is 1.34. The molecule has 0 aliphatic heterocycles. The molecule has 0 atom stereocenters. The standard InChI is InChI=1S/C17H14N2/c18-14-17(15-19)13-9-3-1-2-6-10-16-11-7-4-5-8-12-16/h1-11,13H,12H2/b2-1+,9-3+,10-6+. The summed E-state index contributed by atoms with van der Waals surface area (Å²) in [5.41, 5.74) is 1.34. The van der Waals surface area contributed by atoms with Crippen molar-refractivity contribution in [3.05, 3.63) is 84.1 Å². The van der Waals surface area contributed by atoms with Crippen molar-refractivity contribution in [2.45, 2.75) is 6.42 Å². The van der Waals surface area contributed by atoms with Crippen molar-refractivity contribution in [1.29, 1.82) is 10.5 Å². The van der Waals surface area contributed by atoms with E-state index < -0.39 is 0 Å². The summed E-state index contributed by atoms with van der Waals surface area (Å²) in [7, 11) is 0. The zero-order chi connectivity index (χ0) is 13.8. The lowest BCUT2D eigenvalue weighted by Gasteiger charge is -1.91. The molecule has 19 heavy (non-hydrogen) atoms. The molecule has 0 heterocycles. The molecule has 0 spiro atoms. The SMILES string of the molecule is N#CC(C#N)=C/C=C/C=C/C=C/C1=CC=CC=CC1. The molecule has 0 aromatic carbocycles. The Morgan fingerprint density at radius 3 is 2.47 bits per heavy atom. The maximum absolute atomic E-state index is 8.51. The molecule has 0 unspecified atom stereocenters. The fourth-order valence-electron chi connectivity index (χ4n) is 1.34. The Hall–Kier alpha value is -2.84.